The van der Waals surface area contributed by atoms with Gasteiger partial charge in [0.25, 0.3) is 0 Å². The summed E-state index contributed by atoms with van der Waals surface area (Å²) >= 11 is 3.05. The van der Waals surface area contributed by atoms with E-state index in [2.05, 4.69) is 0 Å². The van der Waals surface area contributed by atoms with Gasteiger partial charge in [0.2, 0.25) is 0 Å². The normalized spacial score (nSPS) is 11.4. The molecular weight excluding hydrogens is 1410 g/mol. The Morgan fingerprint density at radius 2 is 0.720 bits per heavy atom. The van der Waals surface area contributed by atoms with Crippen LogP contribution in [0.15, 0.2) is 272 Å². The van der Waals surface area contributed by atoms with Crippen LogP contribution in [0.4, 0.5) is 17.6 Å². The van der Waals surface area contributed by atoms with Gasteiger partial charge in [-0.1, -0.05) is 97.1 Å². The molecule has 524 valence electrons. The monoisotopic (exact) mass is 1480 g/mol. The summed E-state index contributed by atoms with van der Waals surface area (Å²) in [6.45, 7) is 5.63. The van der Waals surface area contributed by atoms with E-state index >= 15 is 0 Å². The van der Waals surface area contributed by atoms with Gasteiger partial charge in [0, 0.05) is 47.8 Å². The van der Waals surface area contributed by atoms with Gasteiger partial charge < -0.3 is 35.7 Å². The van der Waals surface area contributed by atoms with E-state index in [0.29, 0.717) is 38.2 Å². The molecule has 15 nitrogen and oxygen atoms in total. The summed E-state index contributed by atoms with van der Waals surface area (Å²) in [5.41, 5.74) is 4.90. The number of hydrogen-bond acceptors (Lipinski definition) is 17. The Morgan fingerprint density at radius 3 is 1.17 bits per heavy atom. The number of benzene rings is 11. The van der Waals surface area contributed by atoms with Crippen LogP contribution in [0.25, 0.3) is 0 Å². The Hall–Kier alpha value is -9.44. The summed E-state index contributed by atoms with van der Waals surface area (Å²) in [4.78, 5) is 2.29. The summed E-state index contributed by atoms with van der Waals surface area (Å²) in [7, 11) is -11.1. The number of aryl methyl sites for hydroxylation is 2. The van der Waals surface area contributed by atoms with Gasteiger partial charge in [-0.15, -0.1) is 23.5 Å². The molecule has 0 radical (unpaired) electrons. The van der Waals surface area contributed by atoms with Crippen LogP contribution in [0, 0.1) is 44.0 Å². The fourth-order valence-corrected chi connectivity index (χ4v) is 16.4. The number of rotatable bonds is 18. The standard InChI is InChI=1S/C20H17FO6S2.C20H17FO4S2.C20H17FO2S2.C8H9F.C7H8O.H2O2/c21-20-9-1-4-14(12-28(24,25)17-7-2-5-15(22)10-17)19(20)13-29(26,27)18-8-3-6-16(23)11-18;21-20-9-1-4-14(12-26(24)17-7-2-5-15(22)10-17)19(20)13-27(25)18-8-3-6-16(23)11-18;21-20-9-1-4-14(12-24-17-7-2-5-15(22)10-17)19(20)13-25-18-8-3-6-16(23)11-18;1-6-4-3-5-8(9)7(6)2;1-6-3-2-4-7(8)5-6;1-2/h1-11,22-23H,12-13H2;1-11,22-23H,12-13H2;1-11,22-23H,12-13H2;3-5H,1-2H3;2-5,8H,1H3;1-2H. The van der Waals surface area contributed by atoms with Crippen LogP contribution in [0.5, 0.6) is 40.2 Å². The molecular formula is C75H70F4O15S6. The first-order valence-corrected chi connectivity index (χ1v) is 37.7. The smallest absolute Gasteiger partial charge is 0.182 e. The van der Waals surface area contributed by atoms with E-state index in [1.807, 2.05) is 50.2 Å². The van der Waals surface area contributed by atoms with Gasteiger partial charge in [-0.3, -0.25) is 18.9 Å². The van der Waals surface area contributed by atoms with Crippen LogP contribution in [0.2, 0.25) is 0 Å². The molecule has 0 aliphatic carbocycles. The predicted molar refractivity (Wildman–Crippen MR) is 383 cm³/mol. The minimum Gasteiger partial charge on any atom is -0.508 e. The summed E-state index contributed by atoms with van der Waals surface area (Å²) in [6.07, 6.45) is 0. The maximum absolute atomic E-state index is 14.5. The molecule has 0 aromatic heterocycles. The summed E-state index contributed by atoms with van der Waals surface area (Å²) in [5, 5.41) is 78.0. The number of phenols is 7. The van der Waals surface area contributed by atoms with Crippen molar-refractivity contribution in [2.24, 2.45) is 0 Å². The zero-order valence-electron chi connectivity index (χ0n) is 53.8. The largest absolute Gasteiger partial charge is 0.508 e. The minimum absolute atomic E-state index is 0.00271. The Balaban J connectivity index is 0.000000208. The van der Waals surface area contributed by atoms with Crippen LogP contribution in [-0.4, -0.2) is 71.5 Å². The summed E-state index contributed by atoms with van der Waals surface area (Å²) < 4.78 is 132. The van der Waals surface area contributed by atoms with Crippen molar-refractivity contribution in [3.8, 4) is 40.2 Å². The van der Waals surface area contributed by atoms with Crippen molar-refractivity contribution in [1.29, 1.82) is 0 Å². The average molecular weight is 1480 g/mol. The molecule has 0 spiro atoms. The van der Waals surface area contributed by atoms with Gasteiger partial charge >= 0.3 is 0 Å². The number of sulfone groups is 2. The molecule has 0 aliphatic rings. The van der Waals surface area contributed by atoms with Crippen LogP contribution >= 0.6 is 23.5 Å². The summed E-state index contributed by atoms with van der Waals surface area (Å²) in [6, 6.07) is 61.6. The van der Waals surface area contributed by atoms with Crippen LogP contribution in [0.1, 0.15) is 50.1 Å². The van der Waals surface area contributed by atoms with Crippen molar-refractivity contribution in [2.45, 2.75) is 84.7 Å². The lowest BCUT2D eigenvalue weighted by Gasteiger charge is -2.12. The second-order valence-electron chi connectivity index (χ2n) is 21.7. The number of phenolic OH excluding ortho intramolecular Hbond substituents is 7. The quantitative estimate of drug-likeness (QED) is 0.0167. The Labute approximate surface area is 590 Å². The maximum atomic E-state index is 14.5. The van der Waals surface area contributed by atoms with Crippen LogP contribution < -0.4 is 0 Å². The molecule has 2 unspecified atom stereocenters. The average Bonchev–Trinajstić information content (AvgIpc) is 0.797. The number of thioether (sulfide) groups is 2. The molecule has 0 saturated carbocycles. The topological polar surface area (TPSA) is 284 Å². The number of aromatic hydroxyl groups is 7. The second kappa shape index (κ2) is 38.8. The first kappa shape index (κ1) is 79.5. The van der Waals surface area contributed by atoms with Crippen molar-refractivity contribution in [3.05, 3.63) is 316 Å². The van der Waals surface area contributed by atoms with E-state index in [-0.39, 0.29) is 84.1 Å². The van der Waals surface area contributed by atoms with E-state index < -0.39 is 64.4 Å². The van der Waals surface area contributed by atoms with Crippen molar-refractivity contribution in [3.63, 3.8) is 0 Å². The van der Waals surface area contributed by atoms with Crippen molar-refractivity contribution in [1.82, 2.24) is 0 Å². The van der Waals surface area contributed by atoms with Gasteiger partial charge in [-0.25, -0.2) is 34.4 Å². The third kappa shape index (κ3) is 25.1. The van der Waals surface area contributed by atoms with Crippen LogP contribution in [-0.2, 0) is 75.8 Å². The lowest BCUT2D eigenvalue weighted by Crippen LogP contribution is -2.12. The number of halogens is 4. The zero-order chi connectivity index (χ0) is 73.1. The van der Waals surface area contributed by atoms with E-state index in [4.69, 9.17) is 15.6 Å². The first-order valence-electron chi connectivity index (χ1n) is 29.8. The maximum Gasteiger partial charge on any atom is 0.182 e. The highest BCUT2D eigenvalue weighted by Gasteiger charge is 2.25. The second-order valence-corrected chi connectivity index (χ2v) is 30.7. The SMILES string of the molecule is Cc1cccc(F)c1C.Cc1cccc(O)c1.O=S(=O)(Cc1cccc(F)c1CS(=O)(=O)c1cccc(O)c1)c1cccc(O)c1.O=S(Cc1cccc(F)c1CS(=O)c1cccc(O)c1)c1cccc(O)c1.OO.Oc1cccc(SCc2cccc(F)c2CSc2cccc(O)c2)c1. The molecule has 0 bridgehead atoms. The Kier molecular flexibility index (Phi) is 30.9. The zero-order valence-corrected chi connectivity index (χ0v) is 58.7. The number of hydrogen-bond donors (Lipinski definition) is 9. The lowest BCUT2D eigenvalue weighted by atomic mass is 10.1. The molecule has 11 rings (SSSR count). The first-order chi connectivity index (χ1) is 47.6. The molecule has 11 aromatic carbocycles. The van der Waals surface area contributed by atoms with Gasteiger partial charge in [0.1, 0.15) is 63.5 Å². The molecule has 0 heterocycles. The van der Waals surface area contributed by atoms with E-state index in [9.17, 15) is 73.5 Å². The third-order valence-electron chi connectivity index (χ3n) is 14.4. The fourth-order valence-electron chi connectivity index (χ4n) is 9.11. The molecule has 11 aromatic rings. The van der Waals surface area contributed by atoms with E-state index in [0.717, 1.165) is 50.2 Å². The summed E-state index contributed by atoms with van der Waals surface area (Å²) in [5.74, 6) is -1.80. The molecule has 0 fully saturated rings. The van der Waals surface area contributed by atoms with Crippen molar-refractivity contribution >= 4 is 64.8 Å². The highest BCUT2D eigenvalue weighted by atomic mass is 32.2. The van der Waals surface area contributed by atoms with Crippen LogP contribution in [0.3, 0.4) is 0 Å². The molecule has 0 aliphatic heterocycles. The van der Waals surface area contributed by atoms with Crippen molar-refractivity contribution in [2.75, 3.05) is 0 Å². The predicted octanol–water partition coefficient (Wildman–Crippen LogP) is 17.0. The molecule has 100 heavy (non-hydrogen) atoms. The molecule has 25 heteroatoms. The minimum atomic E-state index is -4.04. The van der Waals surface area contributed by atoms with Gasteiger partial charge in [-0.05, 0) is 200 Å². The lowest BCUT2D eigenvalue weighted by molar-refractivity contribution is -0.176. The fraction of sp³-hybridized carbons (Fsp3) is 0.120. The van der Waals surface area contributed by atoms with Gasteiger partial charge in [-0.2, -0.15) is 0 Å². The highest BCUT2D eigenvalue weighted by Crippen LogP contribution is 2.34. The van der Waals surface area contributed by atoms with Gasteiger partial charge in [0.05, 0.1) is 54.4 Å². The molecule has 9 N–H and O–H groups in total. The molecule has 2 atom stereocenters. The molecule has 0 saturated heterocycles. The van der Waals surface area contributed by atoms with E-state index in [1.165, 1.54) is 109 Å². The van der Waals surface area contributed by atoms with Gasteiger partial charge in [0.15, 0.2) is 19.7 Å². The van der Waals surface area contributed by atoms with E-state index in [1.54, 1.807) is 110 Å². The third-order valence-corrected chi connectivity index (χ3v) is 22.4. The van der Waals surface area contributed by atoms with Crippen molar-refractivity contribution < 1.29 is 89.1 Å². The Bertz CT molecular complexity index is 4790. The molecule has 0 amide bonds. The Morgan fingerprint density at radius 1 is 0.350 bits per heavy atom. The highest BCUT2D eigenvalue weighted by molar-refractivity contribution is 7.99.